The maximum atomic E-state index is 9.03. The Kier molecular flexibility index (Phi) is 3.93. The van der Waals surface area contributed by atoms with Crippen LogP contribution in [0.4, 0.5) is 0 Å². The number of hydrogen-bond acceptors (Lipinski definition) is 3. The van der Waals surface area contributed by atoms with Gasteiger partial charge in [0.05, 0.1) is 0 Å². The Hall–Kier alpha value is -0.900. The third-order valence-corrected chi connectivity index (χ3v) is 3.70. The molecule has 1 aliphatic carbocycles. The molecule has 0 amide bonds. The first-order chi connectivity index (χ1) is 7.81. The van der Waals surface area contributed by atoms with Crippen molar-refractivity contribution in [3.63, 3.8) is 0 Å². The van der Waals surface area contributed by atoms with Crippen LogP contribution < -0.4 is 0 Å². The molecule has 1 aliphatic rings. The van der Waals surface area contributed by atoms with Crippen LogP contribution in [-0.4, -0.2) is 19.9 Å². The molecule has 0 spiro atoms. The van der Waals surface area contributed by atoms with Crippen LogP contribution in [0.5, 0.6) is 0 Å². The number of aryl methyl sites for hydroxylation is 1. The molecule has 0 aliphatic heterocycles. The highest BCUT2D eigenvalue weighted by Crippen LogP contribution is 2.27. The van der Waals surface area contributed by atoms with E-state index < -0.39 is 0 Å². The predicted molar refractivity (Wildman–Crippen MR) is 61.8 cm³/mol. The molecule has 1 fully saturated rings. The highest BCUT2D eigenvalue weighted by molar-refractivity contribution is 4.94. The van der Waals surface area contributed by atoms with E-state index in [2.05, 4.69) is 10.2 Å². The van der Waals surface area contributed by atoms with Crippen molar-refractivity contribution in [2.45, 2.75) is 51.6 Å². The van der Waals surface area contributed by atoms with Gasteiger partial charge in [-0.2, -0.15) is 0 Å². The van der Waals surface area contributed by atoms with Gasteiger partial charge in [-0.05, 0) is 12.3 Å². The van der Waals surface area contributed by atoms with E-state index in [1.807, 2.05) is 11.6 Å². The number of rotatable bonds is 4. The average molecular weight is 223 g/mol. The lowest BCUT2D eigenvalue weighted by Gasteiger charge is -2.20. The normalized spacial score (nSPS) is 17.9. The summed E-state index contributed by atoms with van der Waals surface area (Å²) in [5, 5.41) is 17.1. The lowest BCUT2D eigenvalue weighted by atomic mass is 9.86. The van der Waals surface area contributed by atoms with Gasteiger partial charge in [-0.1, -0.05) is 32.1 Å². The topological polar surface area (TPSA) is 50.9 Å². The lowest BCUT2D eigenvalue weighted by molar-refractivity contribution is 0.266. The van der Waals surface area contributed by atoms with E-state index in [-0.39, 0.29) is 6.61 Å². The minimum Gasteiger partial charge on any atom is -0.388 e. The summed E-state index contributed by atoms with van der Waals surface area (Å²) in [6.07, 6.45) is 9.17. The molecule has 4 heteroatoms. The minimum atomic E-state index is -0.0209. The van der Waals surface area contributed by atoms with Crippen LogP contribution in [0.2, 0.25) is 0 Å². The Labute approximate surface area is 96.7 Å². The summed E-state index contributed by atoms with van der Waals surface area (Å²) in [5.74, 6) is 2.55. The molecule has 2 rings (SSSR count). The molecule has 90 valence electrons. The quantitative estimate of drug-likeness (QED) is 0.847. The molecule has 1 saturated carbocycles. The lowest BCUT2D eigenvalue weighted by Crippen LogP contribution is -2.09. The second-order valence-corrected chi connectivity index (χ2v) is 4.79. The second-order valence-electron chi connectivity index (χ2n) is 4.79. The number of aliphatic hydroxyl groups is 1. The molecule has 0 aromatic carbocycles. The van der Waals surface area contributed by atoms with Gasteiger partial charge in [-0.15, -0.1) is 10.2 Å². The fourth-order valence-electron chi connectivity index (χ4n) is 2.56. The average Bonchev–Trinajstić information content (AvgIpc) is 2.69. The van der Waals surface area contributed by atoms with Gasteiger partial charge in [0.2, 0.25) is 0 Å². The van der Waals surface area contributed by atoms with Crippen LogP contribution in [0.3, 0.4) is 0 Å². The third-order valence-electron chi connectivity index (χ3n) is 3.70. The highest BCUT2D eigenvalue weighted by atomic mass is 16.3. The number of hydrogen-bond donors (Lipinski definition) is 1. The molecule has 1 aromatic rings. The number of nitrogens with zero attached hydrogens (tertiary/aromatic N) is 3. The summed E-state index contributed by atoms with van der Waals surface area (Å²) < 4.78 is 1.92. The molecule has 0 unspecified atom stereocenters. The van der Waals surface area contributed by atoms with E-state index in [0.29, 0.717) is 5.82 Å². The second kappa shape index (κ2) is 5.43. The van der Waals surface area contributed by atoms with Crippen molar-refractivity contribution in [1.29, 1.82) is 0 Å². The molecule has 1 aromatic heterocycles. The smallest absolute Gasteiger partial charge is 0.158 e. The first-order valence-electron chi connectivity index (χ1n) is 6.29. The van der Waals surface area contributed by atoms with Crippen LogP contribution in [0, 0.1) is 5.92 Å². The molecular weight excluding hydrogens is 202 g/mol. The standard InChI is InChI=1S/C12H21N3O/c1-15-11(13-14-12(15)9-16)8-7-10-5-3-2-4-6-10/h10,16H,2-9H2,1H3. The molecule has 0 bridgehead atoms. The van der Waals surface area contributed by atoms with Gasteiger partial charge < -0.3 is 9.67 Å². The van der Waals surface area contributed by atoms with Gasteiger partial charge in [0.15, 0.2) is 5.82 Å². The van der Waals surface area contributed by atoms with Crippen molar-refractivity contribution >= 4 is 0 Å². The monoisotopic (exact) mass is 223 g/mol. The predicted octanol–water partition coefficient (Wildman–Crippen LogP) is 1.82. The van der Waals surface area contributed by atoms with Crippen LogP contribution in [0.15, 0.2) is 0 Å². The molecule has 0 atom stereocenters. The fourth-order valence-corrected chi connectivity index (χ4v) is 2.56. The summed E-state index contributed by atoms with van der Waals surface area (Å²) >= 11 is 0. The Morgan fingerprint density at radius 2 is 1.88 bits per heavy atom. The van der Waals surface area contributed by atoms with Gasteiger partial charge in [0.1, 0.15) is 12.4 Å². The molecule has 0 radical (unpaired) electrons. The zero-order valence-electron chi connectivity index (χ0n) is 10.0. The van der Waals surface area contributed by atoms with Crippen molar-refractivity contribution in [1.82, 2.24) is 14.8 Å². The van der Waals surface area contributed by atoms with E-state index in [9.17, 15) is 0 Å². The van der Waals surface area contributed by atoms with Crippen LogP contribution >= 0.6 is 0 Å². The van der Waals surface area contributed by atoms with Crippen molar-refractivity contribution in [3.8, 4) is 0 Å². The maximum Gasteiger partial charge on any atom is 0.158 e. The zero-order valence-corrected chi connectivity index (χ0v) is 10.0. The first kappa shape index (κ1) is 11.6. The molecule has 4 nitrogen and oxygen atoms in total. The molecule has 0 saturated heterocycles. The molecule has 16 heavy (non-hydrogen) atoms. The maximum absolute atomic E-state index is 9.03. The SMILES string of the molecule is Cn1c(CO)nnc1CCC1CCCCC1. The molecular formula is C12H21N3O. The summed E-state index contributed by atoms with van der Waals surface area (Å²) in [5.41, 5.74) is 0. The largest absolute Gasteiger partial charge is 0.388 e. The van der Waals surface area contributed by atoms with Crippen LogP contribution in [-0.2, 0) is 20.1 Å². The van der Waals surface area contributed by atoms with E-state index in [1.165, 1.54) is 38.5 Å². The number of aromatic nitrogens is 3. The number of aliphatic hydroxyl groups excluding tert-OH is 1. The van der Waals surface area contributed by atoms with E-state index >= 15 is 0 Å². The van der Waals surface area contributed by atoms with Crippen LogP contribution in [0.25, 0.3) is 0 Å². The summed E-state index contributed by atoms with van der Waals surface area (Å²) in [6, 6.07) is 0. The summed E-state index contributed by atoms with van der Waals surface area (Å²) in [6.45, 7) is -0.0209. The van der Waals surface area contributed by atoms with E-state index in [0.717, 1.165) is 18.2 Å². The molecule has 1 heterocycles. The Morgan fingerprint density at radius 1 is 1.19 bits per heavy atom. The summed E-state index contributed by atoms with van der Waals surface area (Å²) in [7, 11) is 1.93. The highest BCUT2D eigenvalue weighted by Gasteiger charge is 2.15. The van der Waals surface area contributed by atoms with Crippen molar-refractivity contribution in [2.75, 3.05) is 0 Å². The third kappa shape index (κ3) is 2.61. The Balaban J connectivity index is 1.86. The fraction of sp³-hybridized carbons (Fsp3) is 0.833. The van der Waals surface area contributed by atoms with Gasteiger partial charge in [-0.25, -0.2) is 0 Å². The summed E-state index contributed by atoms with van der Waals surface area (Å²) in [4.78, 5) is 0. The van der Waals surface area contributed by atoms with E-state index in [1.54, 1.807) is 0 Å². The van der Waals surface area contributed by atoms with Gasteiger partial charge in [0, 0.05) is 13.5 Å². The Morgan fingerprint density at radius 3 is 2.50 bits per heavy atom. The minimum absolute atomic E-state index is 0.0209. The Bertz CT molecular complexity index is 329. The first-order valence-corrected chi connectivity index (χ1v) is 6.29. The zero-order chi connectivity index (χ0) is 11.4. The van der Waals surface area contributed by atoms with E-state index in [4.69, 9.17) is 5.11 Å². The van der Waals surface area contributed by atoms with Gasteiger partial charge in [-0.3, -0.25) is 0 Å². The molecule has 1 N–H and O–H groups in total. The van der Waals surface area contributed by atoms with Crippen molar-refractivity contribution in [2.24, 2.45) is 13.0 Å². The van der Waals surface area contributed by atoms with Gasteiger partial charge in [0.25, 0.3) is 0 Å². The van der Waals surface area contributed by atoms with Crippen LogP contribution in [0.1, 0.15) is 50.2 Å². The van der Waals surface area contributed by atoms with Crippen molar-refractivity contribution < 1.29 is 5.11 Å². The van der Waals surface area contributed by atoms with Crippen molar-refractivity contribution in [3.05, 3.63) is 11.6 Å². The van der Waals surface area contributed by atoms with Gasteiger partial charge >= 0.3 is 0 Å².